The molecule has 0 bridgehead atoms. The number of halogens is 2. The maximum Gasteiger partial charge on any atom is 0.270 e. The summed E-state index contributed by atoms with van der Waals surface area (Å²) in [5.74, 6) is -0.139. The van der Waals surface area contributed by atoms with E-state index < -0.39 is 0 Å². The van der Waals surface area contributed by atoms with Crippen LogP contribution in [0, 0.1) is 0 Å². The van der Waals surface area contributed by atoms with E-state index in [9.17, 15) is 4.79 Å². The molecular weight excluding hydrogens is 381 g/mol. The van der Waals surface area contributed by atoms with Gasteiger partial charge >= 0.3 is 0 Å². The summed E-state index contributed by atoms with van der Waals surface area (Å²) in [5, 5.41) is 1.06. The minimum Gasteiger partial charge on any atom is -0.268 e. The van der Waals surface area contributed by atoms with Crippen molar-refractivity contribution in [3.8, 4) is 0 Å². The number of aryl methyl sites for hydroxylation is 1. The lowest BCUT2D eigenvalue weighted by Gasteiger charge is -2.14. The maximum atomic E-state index is 12.7. The van der Waals surface area contributed by atoms with Gasteiger partial charge in [0.1, 0.15) is 0 Å². The van der Waals surface area contributed by atoms with Crippen LogP contribution in [0.25, 0.3) is 6.08 Å². The first-order chi connectivity index (χ1) is 11.5. The molecule has 0 unspecified atom stereocenters. The zero-order chi connectivity index (χ0) is 17.3. The molecule has 1 heterocycles. The smallest absolute Gasteiger partial charge is 0.268 e. The first-order valence-corrected chi connectivity index (χ1v) is 9.29. The highest BCUT2D eigenvalue weighted by atomic mass is 35.5. The maximum absolute atomic E-state index is 12.7. The average molecular weight is 394 g/mol. The summed E-state index contributed by atoms with van der Waals surface area (Å²) in [6, 6.07) is 13.0. The van der Waals surface area contributed by atoms with Crippen molar-refractivity contribution in [2.75, 3.05) is 4.90 Å². The van der Waals surface area contributed by atoms with Gasteiger partial charge in [0, 0.05) is 10.0 Å². The van der Waals surface area contributed by atoms with E-state index in [1.54, 1.807) is 29.2 Å². The lowest BCUT2D eigenvalue weighted by Crippen LogP contribution is -2.27. The second kappa shape index (κ2) is 7.28. The third-order valence-corrected chi connectivity index (χ3v) is 5.51. The number of thioether (sulfide) groups is 1. The molecule has 1 amide bonds. The minimum atomic E-state index is -0.139. The normalized spacial score (nSPS) is 16.3. The molecule has 0 atom stereocenters. The third-order valence-electron chi connectivity index (χ3n) is 3.65. The van der Waals surface area contributed by atoms with Crippen molar-refractivity contribution >= 4 is 69.2 Å². The molecule has 24 heavy (non-hydrogen) atoms. The van der Waals surface area contributed by atoms with E-state index in [1.165, 1.54) is 17.3 Å². The molecule has 1 fully saturated rings. The Morgan fingerprint density at radius 3 is 2.50 bits per heavy atom. The van der Waals surface area contributed by atoms with E-state index in [0.29, 0.717) is 19.3 Å². The monoisotopic (exact) mass is 393 g/mol. The summed E-state index contributed by atoms with van der Waals surface area (Å²) in [5.41, 5.74) is 2.73. The van der Waals surface area contributed by atoms with Crippen molar-refractivity contribution in [3.63, 3.8) is 0 Å². The Labute approximate surface area is 160 Å². The van der Waals surface area contributed by atoms with E-state index >= 15 is 0 Å². The number of thiocarbonyl (C=S) groups is 1. The molecular formula is C18H13Cl2NOS2. The molecule has 122 valence electrons. The zero-order valence-corrected chi connectivity index (χ0v) is 15.9. The topological polar surface area (TPSA) is 20.3 Å². The molecule has 2 aromatic rings. The minimum absolute atomic E-state index is 0.139. The average Bonchev–Trinajstić information content (AvgIpc) is 2.84. The molecule has 3 rings (SSSR count). The van der Waals surface area contributed by atoms with Gasteiger partial charge in [-0.05, 0) is 47.9 Å². The van der Waals surface area contributed by atoms with E-state index in [2.05, 4.69) is 6.92 Å². The molecule has 0 N–H and O–H groups in total. The highest BCUT2D eigenvalue weighted by molar-refractivity contribution is 8.27. The summed E-state index contributed by atoms with van der Waals surface area (Å²) in [6.07, 6.45) is 2.70. The van der Waals surface area contributed by atoms with Gasteiger partial charge < -0.3 is 0 Å². The number of anilines is 1. The third kappa shape index (κ3) is 3.52. The summed E-state index contributed by atoms with van der Waals surface area (Å²) in [4.78, 5) is 14.8. The predicted molar refractivity (Wildman–Crippen MR) is 108 cm³/mol. The highest BCUT2D eigenvalue weighted by Crippen LogP contribution is 2.37. The van der Waals surface area contributed by atoms with Gasteiger partial charge in [-0.2, -0.15) is 0 Å². The number of carbonyl (C=O) groups excluding carboxylic acids is 1. The van der Waals surface area contributed by atoms with Crippen molar-refractivity contribution in [1.82, 2.24) is 0 Å². The van der Waals surface area contributed by atoms with Crippen LogP contribution in [0.5, 0.6) is 0 Å². The van der Waals surface area contributed by atoms with Crippen molar-refractivity contribution < 1.29 is 4.79 Å². The Balaban J connectivity index is 1.92. The molecule has 1 saturated heterocycles. The standard InChI is InChI=1S/C18H13Cl2NOS2/c1-2-11-3-7-14(8-4-11)21-17(22)16(24-18(21)23)9-12-5-6-13(19)10-15(12)20/h3-10H,2H2,1H3. The summed E-state index contributed by atoms with van der Waals surface area (Å²) < 4.78 is 0.514. The van der Waals surface area contributed by atoms with Gasteiger partial charge in [0.15, 0.2) is 4.32 Å². The van der Waals surface area contributed by atoms with Gasteiger partial charge in [0.2, 0.25) is 0 Å². The van der Waals surface area contributed by atoms with Crippen LogP contribution in [0.4, 0.5) is 5.69 Å². The van der Waals surface area contributed by atoms with E-state index in [0.717, 1.165) is 17.7 Å². The molecule has 1 aliphatic heterocycles. The lowest BCUT2D eigenvalue weighted by molar-refractivity contribution is -0.113. The quantitative estimate of drug-likeness (QED) is 0.473. The van der Waals surface area contributed by atoms with Crippen molar-refractivity contribution in [1.29, 1.82) is 0 Å². The van der Waals surface area contributed by atoms with Crippen LogP contribution >= 0.6 is 47.2 Å². The summed E-state index contributed by atoms with van der Waals surface area (Å²) in [6.45, 7) is 2.09. The number of hydrogen-bond donors (Lipinski definition) is 0. The number of benzene rings is 2. The fourth-order valence-corrected chi connectivity index (χ4v) is 4.08. The molecule has 0 saturated carbocycles. The van der Waals surface area contributed by atoms with Crippen LogP contribution in [0.15, 0.2) is 47.4 Å². The first kappa shape index (κ1) is 17.5. The number of nitrogens with zero attached hydrogens (tertiary/aromatic N) is 1. The number of carbonyl (C=O) groups is 1. The van der Waals surface area contributed by atoms with E-state index in [-0.39, 0.29) is 5.91 Å². The first-order valence-electron chi connectivity index (χ1n) is 7.31. The molecule has 2 aromatic carbocycles. The fraction of sp³-hybridized carbons (Fsp3) is 0.111. The Hall–Kier alpha value is -1.33. The van der Waals surface area contributed by atoms with Crippen LogP contribution in [0.1, 0.15) is 18.1 Å². The molecule has 0 radical (unpaired) electrons. The van der Waals surface area contributed by atoms with Crippen molar-refractivity contribution in [3.05, 3.63) is 68.5 Å². The summed E-state index contributed by atoms with van der Waals surface area (Å²) in [7, 11) is 0. The van der Waals surface area contributed by atoms with Crippen LogP contribution in [-0.2, 0) is 11.2 Å². The summed E-state index contributed by atoms with van der Waals surface area (Å²) >= 11 is 18.7. The number of amides is 1. The molecule has 0 aliphatic carbocycles. The van der Waals surface area contributed by atoms with Gasteiger partial charge in [0.05, 0.1) is 10.6 Å². The Morgan fingerprint density at radius 2 is 1.88 bits per heavy atom. The van der Waals surface area contributed by atoms with Gasteiger partial charge in [-0.15, -0.1) is 0 Å². The van der Waals surface area contributed by atoms with Gasteiger partial charge in [0.25, 0.3) is 5.91 Å². The van der Waals surface area contributed by atoms with E-state index in [4.69, 9.17) is 35.4 Å². The van der Waals surface area contributed by atoms with Crippen molar-refractivity contribution in [2.45, 2.75) is 13.3 Å². The van der Waals surface area contributed by atoms with Gasteiger partial charge in [-0.3, -0.25) is 9.69 Å². The molecule has 0 aromatic heterocycles. The van der Waals surface area contributed by atoms with Crippen LogP contribution in [0.2, 0.25) is 10.0 Å². The molecule has 2 nitrogen and oxygen atoms in total. The molecule has 0 spiro atoms. The second-order valence-electron chi connectivity index (χ2n) is 5.20. The largest absolute Gasteiger partial charge is 0.270 e. The second-order valence-corrected chi connectivity index (χ2v) is 7.72. The SMILES string of the molecule is CCc1ccc(N2C(=O)C(=Cc3ccc(Cl)cc3Cl)SC2=S)cc1. The zero-order valence-electron chi connectivity index (χ0n) is 12.8. The Morgan fingerprint density at radius 1 is 1.17 bits per heavy atom. The van der Waals surface area contributed by atoms with Gasteiger partial charge in [-0.1, -0.05) is 72.3 Å². The number of rotatable bonds is 3. The Kier molecular flexibility index (Phi) is 5.30. The predicted octanol–water partition coefficient (Wildman–Crippen LogP) is 5.96. The fourth-order valence-electron chi connectivity index (χ4n) is 2.33. The highest BCUT2D eigenvalue weighted by Gasteiger charge is 2.33. The lowest BCUT2D eigenvalue weighted by atomic mass is 10.1. The van der Waals surface area contributed by atoms with Crippen LogP contribution in [0.3, 0.4) is 0 Å². The van der Waals surface area contributed by atoms with Gasteiger partial charge in [-0.25, -0.2) is 0 Å². The number of hydrogen-bond acceptors (Lipinski definition) is 3. The van der Waals surface area contributed by atoms with Crippen LogP contribution in [-0.4, -0.2) is 10.2 Å². The van der Waals surface area contributed by atoms with Crippen molar-refractivity contribution in [2.24, 2.45) is 0 Å². The Bertz CT molecular complexity index is 847. The van der Waals surface area contributed by atoms with E-state index in [1.807, 2.05) is 24.3 Å². The molecule has 6 heteroatoms. The molecule has 1 aliphatic rings. The van der Waals surface area contributed by atoms with Crippen LogP contribution < -0.4 is 4.90 Å².